The van der Waals surface area contributed by atoms with E-state index in [4.69, 9.17) is 23.1 Å². The van der Waals surface area contributed by atoms with Gasteiger partial charge in [-0.25, -0.2) is 0 Å². The molecule has 0 radical (unpaired) electrons. The standard InChI is InChI=1S/C19H26ClN5O/c1-18(2)8-14(23)9-19(3,4)25(18)11-12(10-21)17(26)24-16-6-5-13(22)7-15(16)20/h5-7,11,14H,8-9,22-23H2,1-4H3,(H,24,26)/b12-11-. The fourth-order valence-corrected chi connectivity index (χ4v) is 4.05. The molecule has 1 aliphatic rings. The van der Waals surface area contributed by atoms with Gasteiger partial charge in [0.05, 0.1) is 10.7 Å². The zero-order chi connectivity index (χ0) is 19.7. The Morgan fingerprint density at radius 3 is 2.42 bits per heavy atom. The third-order valence-corrected chi connectivity index (χ3v) is 5.01. The zero-order valence-electron chi connectivity index (χ0n) is 15.6. The van der Waals surface area contributed by atoms with Crippen LogP contribution in [-0.2, 0) is 4.79 Å². The van der Waals surface area contributed by atoms with Gasteiger partial charge in [-0.3, -0.25) is 4.79 Å². The van der Waals surface area contributed by atoms with Gasteiger partial charge in [0.25, 0.3) is 5.91 Å². The van der Waals surface area contributed by atoms with Crippen molar-refractivity contribution in [2.75, 3.05) is 11.1 Å². The highest BCUT2D eigenvalue weighted by Crippen LogP contribution is 2.38. The molecule has 6 nitrogen and oxygen atoms in total. The van der Waals surface area contributed by atoms with Crippen LogP contribution in [-0.4, -0.2) is 27.9 Å². The molecule has 140 valence electrons. The fraction of sp³-hybridized carbons (Fsp3) is 0.474. The summed E-state index contributed by atoms with van der Waals surface area (Å²) in [5.74, 6) is -0.513. The van der Waals surface area contributed by atoms with Gasteiger partial charge in [-0.1, -0.05) is 11.6 Å². The summed E-state index contributed by atoms with van der Waals surface area (Å²) >= 11 is 6.10. The first-order chi connectivity index (χ1) is 12.0. The number of carbonyl (C=O) groups is 1. The van der Waals surface area contributed by atoms with Crippen LogP contribution in [0.1, 0.15) is 40.5 Å². The smallest absolute Gasteiger partial charge is 0.267 e. The van der Waals surface area contributed by atoms with E-state index < -0.39 is 5.91 Å². The summed E-state index contributed by atoms with van der Waals surface area (Å²) in [5, 5.41) is 12.5. The van der Waals surface area contributed by atoms with Crippen LogP contribution >= 0.6 is 11.6 Å². The second kappa shape index (κ2) is 7.18. The third-order valence-electron chi connectivity index (χ3n) is 4.69. The average Bonchev–Trinajstić information content (AvgIpc) is 2.47. The van der Waals surface area contributed by atoms with E-state index in [-0.39, 0.29) is 22.7 Å². The van der Waals surface area contributed by atoms with Crippen LogP contribution in [0.5, 0.6) is 0 Å². The van der Waals surface area contributed by atoms with Crippen molar-refractivity contribution in [2.45, 2.75) is 57.7 Å². The highest BCUT2D eigenvalue weighted by atomic mass is 35.5. The molecule has 0 bridgehead atoms. The molecule has 0 atom stereocenters. The quantitative estimate of drug-likeness (QED) is 0.427. The number of carbonyl (C=O) groups excluding carboxylic acids is 1. The van der Waals surface area contributed by atoms with Gasteiger partial charge in [0.15, 0.2) is 0 Å². The Morgan fingerprint density at radius 1 is 1.35 bits per heavy atom. The predicted molar refractivity (Wildman–Crippen MR) is 105 cm³/mol. The summed E-state index contributed by atoms with van der Waals surface area (Å²) < 4.78 is 0. The first-order valence-corrected chi connectivity index (χ1v) is 8.87. The molecule has 1 amide bonds. The second-order valence-corrected chi connectivity index (χ2v) is 8.42. The van der Waals surface area contributed by atoms with Gasteiger partial charge in [0.1, 0.15) is 11.6 Å². The normalized spacial score (nSPS) is 19.7. The molecule has 5 N–H and O–H groups in total. The number of nitrogens with zero attached hydrogens (tertiary/aromatic N) is 2. The Morgan fingerprint density at radius 2 is 1.92 bits per heavy atom. The molecular formula is C19H26ClN5O. The Balaban J connectivity index is 2.31. The lowest BCUT2D eigenvalue weighted by molar-refractivity contribution is -0.112. The van der Waals surface area contributed by atoms with Gasteiger partial charge in [-0.2, -0.15) is 5.26 Å². The minimum atomic E-state index is -0.513. The molecule has 1 aromatic rings. The molecule has 0 aliphatic carbocycles. The van der Waals surface area contributed by atoms with E-state index in [0.717, 1.165) is 12.8 Å². The van der Waals surface area contributed by atoms with Crippen molar-refractivity contribution in [3.63, 3.8) is 0 Å². The molecule has 0 aromatic heterocycles. The number of hydrogen-bond acceptors (Lipinski definition) is 5. The largest absolute Gasteiger partial charge is 0.399 e. The highest BCUT2D eigenvalue weighted by molar-refractivity contribution is 6.34. The number of benzene rings is 1. The number of rotatable bonds is 3. The van der Waals surface area contributed by atoms with Gasteiger partial charge < -0.3 is 21.7 Å². The number of nitriles is 1. The monoisotopic (exact) mass is 375 g/mol. The molecule has 7 heteroatoms. The number of nitrogens with one attached hydrogen (secondary N) is 1. The molecule has 1 aliphatic heterocycles. The van der Waals surface area contributed by atoms with Crippen LogP contribution in [0, 0.1) is 11.3 Å². The van der Waals surface area contributed by atoms with E-state index in [9.17, 15) is 10.1 Å². The molecule has 1 aromatic carbocycles. The fourth-order valence-electron chi connectivity index (χ4n) is 3.81. The number of likely N-dealkylation sites (tertiary alicyclic amines) is 1. The van der Waals surface area contributed by atoms with Crippen molar-refractivity contribution >= 4 is 28.9 Å². The number of amides is 1. The van der Waals surface area contributed by atoms with Crippen molar-refractivity contribution in [2.24, 2.45) is 5.73 Å². The van der Waals surface area contributed by atoms with E-state index in [1.165, 1.54) is 0 Å². The van der Waals surface area contributed by atoms with Gasteiger partial charge in [-0.05, 0) is 58.7 Å². The van der Waals surface area contributed by atoms with E-state index in [1.54, 1.807) is 24.4 Å². The number of anilines is 2. The SMILES string of the molecule is CC1(C)CC(N)CC(C)(C)N1/C=C(/C#N)C(=O)Nc1ccc(N)cc1Cl. The average molecular weight is 376 g/mol. The molecule has 0 spiro atoms. The maximum atomic E-state index is 12.6. The first kappa shape index (κ1) is 20.1. The predicted octanol–water partition coefficient (Wildman–Crippen LogP) is 3.25. The summed E-state index contributed by atoms with van der Waals surface area (Å²) in [7, 11) is 0. The maximum Gasteiger partial charge on any atom is 0.267 e. The Hall–Kier alpha value is -2.23. The molecule has 0 unspecified atom stereocenters. The molecule has 0 saturated carbocycles. The van der Waals surface area contributed by atoms with Gasteiger partial charge in [0.2, 0.25) is 0 Å². The molecule has 2 rings (SSSR count). The lowest BCUT2D eigenvalue weighted by Crippen LogP contribution is -2.61. The number of nitrogens with two attached hydrogens (primary N) is 2. The van der Waals surface area contributed by atoms with Gasteiger partial charge in [0, 0.05) is 29.0 Å². The lowest BCUT2D eigenvalue weighted by Gasteiger charge is -2.54. The summed E-state index contributed by atoms with van der Waals surface area (Å²) in [5.41, 5.74) is 12.2. The van der Waals surface area contributed by atoms with Crippen LogP contribution < -0.4 is 16.8 Å². The minimum Gasteiger partial charge on any atom is -0.399 e. The molecule has 1 heterocycles. The Kier molecular flexibility index (Phi) is 5.55. The third kappa shape index (κ3) is 4.29. The number of piperidine rings is 1. The van der Waals surface area contributed by atoms with E-state index in [0.29, 0.717) is 16.4 Å². The van der Waals surface area contributed by atoms with Crippen molar-refractivity contribution in [3.8, 4) is 6.07 Å². The molecule has 1 fully saturated rings. The van der Waals surface area contributed by atoms with Crippen LogP contribution in [0.15, 0.2) is 30.0 Å². The number of nitrogen functional groups attached to an aromatic ring is 1. The van der Waals surface area contributed by atoms with E-state index >= 15 is 0 Å². The van der Waals surface area contributed by atoms with Crippen LogP contribution in [0.2, 0.25) is 5.02 Å². The van der Waals surface area contributed by atoms with Gasteiger partial charge in [-0.15, -0.1) is 0 Å². The van der Waals surface area contributed by atoms with E-state index in [1.807, 2.05) is 6.07 Å². The summed E-state index contributed by atoms with van der Waals surface area (Å²) in [6, 6.07) is 6.87. The Bertz CT molecular complexity index is 761. The first-order valence-electron chi connectivity index (χ1n) is 8.49. The topological polar surface area (TPSA) is 108 Å². The Labute approximate surface area is 159 Å². The summed E-state index contributed by atoms with van der Waals surface area (Å²) in [4.78, 5) is 14.7. The van der Waals surface area contributed by atoms with Crippen LogP contribution in [0.25, 0.3) is 0 Å². The summed E-state index contributed by atoms with van der Waals surface area (Å²) in [6.07, 6.45) is 3.18. The van der Waals surface area contributed by atoms with Crippen molar-refractivity contribution in [1.29, 1.82) is 5.26 Å². The van der Waals surface area contributed by atoms with Crippen LogP contribution in [0.3, 0.4) is 0 Å². The number of hydrogen-bond donors (Lipinski definition) is 3. The van der Waals surface area contributed by atoms with Crippen molar-refractivity contribution in [1.82, 2.24) is 4.90 Å². The number of halogens is 1. The van der Waals surface area contributed by atoms with Crippen molar-refractivity contribution < 1.29 is 4.79 Å². The molecule has 26 heavy (non-hydrogen) atoms. The minimum absolute atomic E-state index is 0.00881. The van der Waals surface area contributed by atoms with Crippen LogP contribution in [0.4, 0.5) is 11.4 Å². The molecular weight excluding hydrogens is 350 g/mol. The van der Waals surface area contributed by atoms with Crippen molar-refractivity contribution in [3.05, 3.63) is 35.0 Å². The van der Waals surface area contributed by atoms with E-state index in [2.05, 4.69) is 37.9 Å². The molecule has 1 saturated heterocycles. The summed E-state index contributed by atoms with van der Waals surface area (Å²) in [6.45, 7) is 8.25. The second-order valence-electron chi connectivity index (χ2n) is 8.01. The van der Waals surface area contributed by atoms with Gasteiger partial charge >= 0.3 is 0 Å². The zero-order valence-corrected chi connectivity index (χ0v) is 16.4. The maximum absolute atomic E-state index is 12.6. The highest BCUT2D eigenvalue weighted by Gasteiger charge is 2.43. The lowest BCUT2D eigenvalue weighted by atomic mass is 9.77.